The van der Waals surface area contributed by atoms with Gasteiger partial charge in [0.15, 0.2) is 0 Å². The van der Waals surface area contributed by atoms with Gasteiger partial charge in [-0.2, -0.15) is 0 Å². The summed E-state index contributed by atoms with van der Waals surface area (Å²) in [4.78, 5) is 22.6. The number of carbonyl (C=O) groups is 2. The first-order chi connectivity index (χ1) is 7.94. The van der Waals surface area contributed by atoms with Gasteiger partial charge in [0, 0.05) is 13.1 Å². The Kier molecular flexibility index (Phi) is 7.54. The molecule has 0 atom stereocenters. The molecule has 5 nitrogen and oxygen atoms in total. The molecule has 0 spiro atoms. The molecule has 0 aliphatic heterocycles. The van der Waals surface area contributed by atoms with E-state index in [1.807, 2.05) is 13.8 Å². The molecule has 0 aliphatic carbocycles. The van der Waals surface area contributed by atoms with Crippen LogP contribution in [0.1, 0.15) is 34.1 Å². The molecule has 0 radical (unpaired) electrons. The lowest BCUT2D eigenvalue weighted by molar-refractivity contribution is -0.153. The van der Waals surface area contributed by atoms with Crippen LogP contribution in [0.25, 0.3) is 0 Å². The van der Waals surface area contributed by atoms with Gasteiger partial charge in [-0.05, 0) is 27.7 Å². The van der Waals surface area contributed by atoms with E-state index in [1.54, 1.807) is 13.8 Å². The Morgan fingerprint density at radius 1 is 1.12 bits per heavy atom. The van der Waals surface area contributed by atoms with E-state index in [-0.39, 0.29) is 11.9 Å². The van der Waals surface area contributed by atoms with Gasteiger partial charge in [0.05, 0.1) is 25.0 Å². The van der Waals surface area contributed by atoms with E-state index in [4.69, 9.17) is 9.47 Å². The largest absolute Gasteiger partial charge is 0.466 e. The summed E-state index contributed by atoms with van der Waals surface area (Å²) in [6, 6.07) is 0. The minimum Gasteiger partial charge on any atom is -0.466 e. The van der Waals surface area contributed by atoms with Crippen LogP contribution in [0.15, 0.2) is 0 Å². The smallest absolute Gasteiger partial charge is 0.312 e. The number of carbonyl (C=O) groups excluding carboxylic acids is 2. The van der Waals surface area contributed by atoms with Crippen molar-refractivity contribution in [1.82, 2.24) is 5.32 Å². The molecule has 17 heavy (non-hydrogen) atoms. The summed E-state index contributed by atoms with van der Waals surface area (Å²) in [6.07, 6.45) is 0.312. The SMILES string of the molecule is CCOC(=O)CCNCC(C)(C)C(=O)OCC. The first-order valence-electron chi connectivity index (χ1n) is 5.97. The lowest BCUT2D eigenvalue weighted by Gasteiger charge is -2.22. The lowest BCUT2D eigenvalue weighted by Crippen LogP contribution is -2.38. The van der Waals surface area contributed by atoms with Crippen molar-refractivity contribution in [3.63, 3.8) is 0 Å². The highest BCUT2D eigenvalue weighted by Crippen LogP contribution is 2.15. The molecular weight excluding hydrogens is 222 g/mol. The molecule has 0 aromatic rings. The fraction of sp³-hybridized carbons (Fsp3) is 0.833. The van der Waals surface area contributed by atoms with Crippen LogP contribution in [-0.4, -0.2) is 38.2 Å². The van der Waals surface area contributed by atoms with E-state index in [2.05, 4.69) is 5.32 Å². The second-order valence-corrected chi connectivity index (χ2v) is 4.34. The first-order valence-corrected chi connectivity index (χ1v) is 5.97. The van der Waals surface area contributed by atoms with Crippen LogP contribution in [-0.2, 0) is 19.1 Å². The zero-order valence-corrected chi connectivity index (χ0v) is 11.2. The van der Waals surface area contributed by atoms with Crippen molar-refractivity contribution in [2.24, 2.45) is 5.41 Å². The van der Waals surface area contributed by atoms with E-state index in [0.29, 0.717) is 32.7 Å². The molecule has 0 bridgehead atoms. The Morgan fingerprint density at radius 2 is 1.71 bits per heavy atom. The topological polar surface area (TPSA) is 64.6 Å². The average Bonchev–Trinajstić information content (AvgIpc) is 2.25. The number of nitrogens with one attached hydrogen (secondary N) is 1. The fourth-order valence-corrected chi connectivity index (χ4v) is 1.22. The van der Waals surface area contributed by atoms with E-state index < -0.39 is 5.41 Å². The van der Waals surface area contributed by atoms with E-state index in [9.17, 15) is 9.59 Å². The monoisotopic (exact) mass is 245 g/mol. The van der Waals surface area contributed by atoms with Crippen molar-refractivity contribution in [2.75, 3.05) is 26.3 Å². The van der Waals surface area contributed by atoms with Crippen LogP contribution in [0.2, 0.25) is 0 Å². The molecule has 0 fully saturated rings. The molecule has 100 valence electrons. The predicted molar refractivity (Wildman–Crippen MR) is 64.5 cm³/mol. The highest BCUT2D eigenvalue weighted by molar-refractivity contribution is 5.76. The number of rotatable bonds is 8. The third kappa shape index (κ3) is 6.94. The quantitative estimate of drug-likeness (QED) is 0.513. The average molecular weight is 245 g/mol. The number of hydrogen-bond donors (Lipinski definition) is 1. The molecule has 0 saturated carbocycles. The van der Waals surface area contributed by atoms with Gasteiger partial charge in [0.2, 0.25) is 0 Å². The Hall–Kier alpha value is -1.10. The maximum atomic E-state index is 11.5. The fourth-order valence-electron chi connectivity index (χ4n) is 1.22. The number of hydrogen-bond acceptors (Lipinski definition) is 5. The van der Waals surface area contributed by atoms with E-state index in [0.717, 1.165) is 0 Å². The summed E-state index contributed by atoms with van der Waals surface area (Å²) < 4.78 is 9.74. The van der Waals surface area contributed by atoms with Crippen LogP contribution in [0, 0.1) is 5.41 Å². The van der Waals surface area contributed by atoms with E-state index in [1.165, 1.54) is 0 Å². The minimum atomic E-state index is -0.579. The van der Waals surface area contributed by atoms with Crippen LogP contribution >= 0.6 is 0 Å². The molecule has 1 N–H and O–H groups in total. The van der Waals surface area contributed by atoms with Crippen molar-refractivity contribution in [3.05, 3.63) is 0 Å². The maximum Gasteiger partial charge on any atom is 0.312 e. The van der Waals surface area contributed by atoms with Crippen LogP contribution in [0.4, 0.5) is 0 Å². The summed E-state index contributed by atoms with van der Waals surface area (Å²) in [5.74, 6) is -0.461. The maximum absolute atomic E-state index is 11.5. The molecular formula is C12H23NO4. The molecule has 0 unspecified atom stereocenters. The second kappa shape index (κ2) is 8.06. The second-order valence-electron chi connectivity index (χ2n) is 4.34. The summed E-state index contributed by atoms with van der Waals surface area (Å²) in [6.45, 7) is 8.92. The highest BCUT2D eigenvalue weighted by Gasteiger charge is 2.28. The predicted octanol–water partition coefficient (Wildman–Crippen LogP) is 1.12. The van der Waals surface area contributed by atoms with Crippen molar-refractivity contribution >= 4 is 11.9 Å². The zero-order valence-electron chi connectivity index (χ0n) is 11.2. The standard InChI is InChI=1S/C12H23NO4/c1-5-16-10(14)7-8-13-9-12(3,4)11(15)17-6-2/h13H,5-9H2,1-4H3. The number of esters is 2. The Balaban J connectivity index is 3.79. The molecule has 0 aromatic carbocycles. The molecule has 0 saturated heterocycles. The van der Waals surface area contributed by atoms with Crippen molar-refractivity contribution in [2.45, 2.75) is 34.1 Å². The summed E-state index contributed by atoms with van der Waals surface area (Å²) in [5, 5.41) is 3.05. The first kappa shape index (κ1) is 15.9. The molecule has 0 rings (SSSR count). The Bertz CT molecular complexity index is 251. The van der Waals surface area contributed by atoms with Gasteiger partial charge in [0.25, 0.3) is 0 Å². The zero-order chi connectivity index (χ0) is 13.3. The molecule has 0 aliphatic rings. The van der Waals surface area contributed by atoms with Crippen molar-refractivity contribution < 1.29 is 19.1 Å². The Morgan fingerprint density at radius 3 is 2.24 bits per heavy atom. The Labute approximate surface area is 103 Å². The highest BCUT2D eigenvalue weighted by atomic mass is 16.5. The molecule has 0 heterocycles. The van der Waals surface area contributed by atoms with Crippen LogP contribution in [0.5, 0.6) is 0 Å². The van der Waals surface area contributed by atoms with Gasteiger partial charge < -0.3 is 14.8 Å². The van der Waals surface area contributed by atoms with Gasteiger partial charge in [-0.1, -0.05) is 0 Å². The summed E-state index contributed by atoms with van der Waals surface area (Å²) in [7, 11) is 0. The van der Waals surface area contributed by atoms with Gasteiger partial charge >= 0.3 is 11.9 Å². The van der Waals surface area contributed by atoms with Gasteiger partial charge in [-0.3, -0.25) is 9.59 Å². The molecule has 5 heteroatoms. The molecule has 0 aromatic heterocycles. The van der Waals surface area contributed by atoms with Crippen LogP contribution in [0.3, 0.4) is 0 Å². The van der Waals surface area contributed by atoms with Gasteiger partial charge in [-0.15, -0.1) is 0 Å². The van der Waals surface area contributed by atoms with Gasteiger partial charge in [0.1, 0.15) is 0 Å². The van der Waals surface area contributed by atoms with E-state index >= 15 is 0 Å². The molecule has 0 amide bonds. The summed E-state index contributed by atoms with van der Waals surface area (Å²) in [5.41, 5.74) is -0.579. The minimum absolute atomic E-state index is 0.228. The normalized spacial score (nSPS) is 11.1. The summed E-state index contributed by atoms with van der Waals surface area (Å²) >= 11 is 0. The third-order valence-corrected chi connectivity index (χ3v) is 2.21. The van der Waals surface area contributed by atoms with Gasteiger partial charge in [-0.25, -0.2) is 0 Å². The van der Waals surface area contributed by atoms with Crippen molar-refractivity contribution in [1.29, 1.82) is 0 Å². The number of ether oxygens (including phenoxy) is 2. The van der Waals surface area contributed by atoms with Crippen molar-refractivity contribution in [3.8, 4) is 0 Å². The third-order valence-electron chi connectivity index (χ3n) is 2.21. The lowest BCUT2D eigenvalue weighted by atomic mass is 9.94. The van der Waals surface area contributed by atoms with Crippen LogP contribution < -0.4 is 5.32 Å².